The second-order valence-electron chi connectivity index (χ2n) is 8.13. The first-order valence-corrected chi connectivity index (χ1v) is 10.8. The summed E-state index contributed by atoms with van der Waals surface area (Å²) in [5, 5.41) is 21.9. The molecule has 0 atom stereocenters. The molecule has 1 aliphatic rings. The lowest BCUT2D eigenvalue weighted by atomic mass is 10.1. The van der Waals surface area contributed by atoms with Crippen LogP contribution in [0.5, 0.6) is 0 Å². The lowest BCUT2D eigenvalue weighted by Crippen LogP contribution is -2.46. The molecule has 0 spiro atoms. The number of aromatic carboxylic acids is 1. The van der Waals surface area contributed by atoms with Crippen LogP contribution in [0.1, 0.15) is 32.7 Å². The number of pyridine rings is 1. The molecule has 1 aliphatic heterocycles. The molecule has 3 aromatic rings. The van der Waals surface area contributed by atoms with E-state index in [4.69, 9.17) is 10.2 Å². The minimum Gasteiger partial charge on any atom is -0.478 e. The quantitative estimate of drug-likeness (QED) is 0.600. The van der Waals surface area contributed by atoms with E-state index in [1.165, 1.54) is 0 Å². The fourth-order valence-electron chi connectivity index (χ4n) is 4.03. The molecule has 8 heteroatoms. The van der Waals surface area contributed by atoms with Crippen molar-refractivity contribution in [3.05, 3.63) is 65.2 Å². The summed E-state index contributed by atoms with van der Waals surface area (Å²) in [5.74, 6) is -0.677. The highest BCUT2D eigenvalue weighted by Crippen LogP contribution is 2.27. The minimum absolute atomic E-state index is 0.147. The first kappa shape index (κ1) is 22.2. The number of benzene rings is 2. The number of aromatic nitrogens is 1. The monoisotopic (exact) mass is 443 g/mol. The van der Waals surface area contributed by atoms with Gasteiger partial charge in [0.1, 0.15) is 5.82 Å². The summed E-state index contributed by atoms with van der Waals surface area (Å²) in [5.41, 5.74) is 2.74. The maximum atomic E-state index is 12.6. The van der Waals surface area contributed by atoms with E-state index in [0.29, 0.717) is 47.5 Å². The van der Waals surface area contributed by atoms with Gasteiger partial charge in [0, 0.05) is 55.8 Å². The summed E-state index contributed by atoms with van der Waals surface area (Å²) in [4.78, 5) is 33.6. The zero-order chi connectivity index (χ0) is 23.4. The number of carbonyl (C=O) groups is 2. The number of hydrogen-bond acceptors (Lipinski definition) is 6. The van der Waals surface area contributed by atoms with Gasteiger partial charge in [-0.15, -0.1) is 0 Å². The van der Waals surface area contributed by atoms with Gasteiger partial charge in [-0.2, -0.15) is 5.26 Å². The van der Waals surface area contributed by atoms with Crippen LogP contribution < -0.4 is 10.2 Å². The number of rotatable bonds is 6. The lowest BCUT2D eigenvalue weighted by Gasteiger charge is -2.35. The third kappa shape index (κ3) is 5.10. The van der Waals surface area contributed by atoms with Crippen LogP contribution in [0, 0.1) is 18.3 Å². The summed E-state index contributed by atoms with van der Waals surface area (Å²) < 4.78 is 0. The van der Waals surface area contributed by atoms with E-state index in [9.17, 15) is 14.7 Å². The van der Waals surface area contributed by atoms with Crippen molar-refractivity contribution in [3.8, 4) is 6.07 Å². The molecule has 0 aliphatic carbocycles. The molecular formula is C25H25N5O3. The molecule has 168 valence electrons. The predicted octanol–water partition coefficient (Wildman–Crippen LogP) is 3.53. The van der Waals surface area contributed by atoms with Gasteiger partial charge in [-0.05, 0) is 43.3 Å². The van der Waals surface area contributed by atoms with Gasteiger partial charge < -0.3 is 15.3 Å². The first-order valence-electron chi connectivity index (χ1n) is 10.8. The Bertz CT molecular complexity index is 1240. The molecule has 1 amide bonds. The highest BCUT2D eigenvalue weighted by Gasteiger charge is 2.21. The van der Waals surface area contributed by atoms with E-state index in [1.807, 2.05) is 19.1 Å². The zero-order valence-corrected chi connectivity index (χ0v) is 18.4. The molecular weight excluding hydrogens is 418 g/mol. The average Bonchev–Trinajstić information content (AvgIpc) is 2.82. The molecule has 0 bridgehead atoms. The van der Waals surface area contributed by atoms with Crippen molar-refractivity contribution in [1.82, 2.24) is 9.88 Å². The molecule has 0 saturated carbocycles. The van der Waals surface area contributed by atoms with Gasteiger partial charge in [0.25, 0.3) is 5.91 Å². The Labute approximate surface area is 192 Å². The fourth-order valence-corrected chi connectivity index (χ4v) is 4.03. The molecule has 0 radical (unpaired) electrons. The molecule has 2 heterocycles. The topological polar surface area (TPSA) is 110 Å². The first-order chi connectivity index (χ1) is 15.9. The maximum absolute atomic E-state index is 12.6. The lowest BCUT2D eigenvalue weighted by molar-refractivity contribution is 0.0698. The van der Waals surface area contributed by atoms with Gasteiger partial charge in [-0.25, -0.2) is 9.78 Å². The zero-order valence-electron chi connectivity index (χ0n) is 18.4. The van der Waals surface area contributed by atoms with Crippen LogP contribution in [0.25, 0.3) is 10.9 Å². The molecule has 1 aromatic heterocycles. The third-order valence-corrected chi connectivity index (χ3v) is 5.80. The molecule has 2 N–H and O–H groups in total. The summed E-state index contributed by atoms with van der Waals surface area (Å²) in [7, 11) is 0. The SMILES string of the molecule is Cc1cccc(C(=O)Nc2ccc3nc(N4CCN(CCC#N)CC4)cc(C(=O)O)c3c2)c1. The van der Waals surface area contributed by atoms with E-state index in [1.54, 1.807) is 36.4 Å². The molecule has 1 saturated heterocycles. The number of nitrogens with zero attached hydrogens (tertiary/aromatic N) is 4. The average molecular weight is 444 g/mol. The largest absolute Gasteiger partial charge is 0.478 e. The molecule has 4 rings (SSSR count). The summed E-state index contributed by atoms with van der Waals surface area (Å²) in [6.45, 7) is 5.69. The van der Waals surface area contributed by atoms with E-state index in [-0.39, 0.29) is 11.5 Å². The van der Waals surface area contributed by atoms with E-state index in [0.717, 1.165) is 25.2 Å². The Morgan fingerprint density at radius 1 is 1.12 bits per heavy atom. The van der Waals surface area contributed by atoms with Gasteiger partial charge in [-0.1, -0.05) is 17.7 Å². The van der Waals surface area contributed by atoms with Crippen LogP contribution in [0.3, 0.4) is 0 Å². The van der Waals surface area contributed by atoms with Crippen LogP contribution >= 0.6 is 0 Å². The van der Waals surface area contributed by atoms with Crippen LogP contribution in [-0.4, -0.2) is 59.6 Å². The van der Waals surface area contributed by atoms with Gasteiger partial charge >= 0.3 is 5.97 Å². The number of carboxylic acids is 1. The maximum Gasteiger partial charge on any atom is 0.336 e. The van der Waals surface area contributed by atoms with Crippen molar-refractivity contribution < 1.29 is 14.7 Å². The number of anilines is 2. The van der Waals surface area contributed by atoms with Crippen LogP contribution in [-0.2, 0) is 0 Å². The van der Waals surface area contributed by atoms with E-state index < -0.39 is 5.97 Å². The highest BCUT2D eigenvalue weighted by molar-refractivity contribution is 6.08. The van der Waals surface area contributed by atoms with Crippen molar-refractivity contribution in [1.29, 1.82) is 5.26 Å². The van der Waals surface area contributed by atoms with Crippen molar-refractivity contribution in [3.63, 3.8) is 0 Å². The number of nitriles is 1. The highest BCUT2D eigenvalue weighted by atomic mass is 16.4. The van der Waals surface area contributed by atoms with Crippen molar-refractivity contribution in [2.45, 2.75) is 13.3 Å². The molecule has 1 fully saturated rings. The smallest absolute Gasteiger partial charge is 0.336 e. The van der Waals surface area contributed by atoms with E-state index >= 15 is 0 Å². The number of carboxylic acid groups (broad SMARTS) is 1. The molecule has 33 heavy (non-hydrogen) atoms. The molecule has 0 unspecified atom stereocenters. The fraction of sp³-hybridized carbons (Fsp3) is 0.280. The Morgan fingerprint density at radius 2 is 1.91 bits per heavy atom. The van der Waals surface area contributed by atoms with Gasteiger partial charge in [-0.3, -0.25) is 9.69 Å². The predicted molar refractivity (Wildman–Crippen MR) is 127 cm³/mol. The van der Waals surface area contributed by atoms with Gasteiger partial charge in [0.15, 0.2) is 0 Å². The number of aryl methyl sites for hydroxylation is 1. The Morgan fingerprint density at radius 3 is 2.61 bits per heavy atom. The minimum atomic E-state index is -1.04. The number of hydrogen-bond donors (Lipinski definition) is 2. The normalized spacial score (nSPS) is 14.1. The number of piperazine rings is 1. The van der Waals surface area contributed by atoms with Gasteiger partial charge in [0.2, 0.25) is 0 Å². The van der Waals surface area contributed by atoms with Crippen LogP contribution in [0.4, 0.5) is 11.5 Å². The number of nitrogens with one attached hydrogen (secondary N) is 1. The second-order valence-corrected chi connectivity index (χ2v) is 8.13. The van der Waals surface area contributed by atoms with Crippen molar-refractivity contribution in [2.24, 2.45) is 0 Å². The van der Waals surface area contributed by atoms with Gasteiger partial charge in [0.05, 0.1) is 17.1 Å². The number of amides is 1. The van der Waals surface area contributed by atoms with Crippen LogP contribution in [0.2, 0.25) is 0 Å². The Hall–Kier alpha value is -3.96. The standard InChI is InChI=1S/C25H25N5O3/c1-17-4-2-5-18(14-17)24(31)27-19-6-7-22-20(15-19)21(25(32)33)16-23(28-22)30-12-10-29(11-13-30)9-3-8-26/h2,4-7,14-16H,3,9-13H2,1H3,(H,27,31)(H,32,33). The van der Waals surface area contributed by atoms with Crippen LogP contribution in [0.15, 0.2) is 48.5 Å². The molecule has 8 nitrogen and oxygen atoms in total. The van der Waals surface area contributed by atoms with E-state index in [2.05, 4.69) is 21.2 Å². The number of carbonyl (C=O) groups excluding carboxylic acids is 1. The van der Waals surface area contributed by atoms with Crippen molar-refractivity contribution >= 4 is 34.3 Å². The Kier molecular flexibility index (Phi) is 6.52. The summed E-state index contributed by atoms with van der Waals surface area (Å²) >= 11 is 0. The summed E-state index contributed by atoms with van der Waals surface area (Å²) in [6.07, 6.45) is 0.500. The Balaban J connectivity index is 1.58. The second kappa shape index (κ2) is 9.67. The summed E-state index contributed by atoms with van der Waals surface area (Å²) in [6, 6.07) is 16.2. The third-order valence-electron chi connectivity index (χ3n) is 5.80. The van der Waals surface area contributed by atoms with Crippen molar-refractivity contribution in [2.75, 3.05) is 42.9 Å². The molecule has 2 aromatic carbocycles. The number of fused-ring (bicyclic) bond motifs is 1.